The van der Waals surface area contributed by atoms with Crippen LogP contribution in [0.5, 0.6) is 0 Å². The zero-order valence-electron chi connectivity index (χ0n) is 7.41. The van der Waals surface area contributed by atoms with Crippen molar-refractivity contribution in [2.45, 2.75) is 26.4 Å². The molecular weight excluding hydrogens is 156 g/mol. The average Bonchev–Trinajstić information content (AvgIpc) is 2.68. The van der Waals surface area contributed by atoms with Gasteiger partial charge in [-0.1, -0.05) is 11.6 Å². The van der Waals surface area contributed by atoms with Gasteiger partial charge in [0.15, 0.2) is 0 Å². The molecule has 0 spiro atoms. The molecule has 0 radical (unpaired) electrons. The van der Waals surface area contributed by atoms with Gasteiger partial charge in [-0.25, -0.2) is 0 Å². The van der Waals surface area contributed by atoms with Crippen LogP contribution in [0.25, 0.3) is 0 Å². The first-order valence-electron chi connectivity index (χ1n) is 4.09. The van der Waals surface area contributed by atoms with Crippen molar-refractivity contribution in [2.24, 2.45) is 5.92 Å². The number of hydrogen-bond donors (Lipinski definition) is 1. The third-order valence-corrected chi connectivity index (χ3v) is 1.77. The van der Waals surface area contributed by atoms with Crippen LogP contribution in [0.3, 0.4) is 0 Å². The van der Waals surface area contributed by atoms with Gasteiger partial charge in [0.1, 0.15) is 0 Å². The minimum absolute atomic E-state index is 0.182. The molecule has 1 N–H and O–H groups in total. The highest BCUT2D eigenvalue weighted by Gasteiger charge is 2.28. The van der Waals surface area contributed by atoms with Gasteiger partial charge >= 0.3 is 5.97 Å². The average molecular weight is 170 g/mol. The minimum Gasteiger partial charge on any atom is -0.481 e. The van der Waals surface area contributed by atoms with Crippen LogP contribution < -0.4 is 0 Å². The van der Waals surface area contributed by atoms with Gasteiger partial charge in [0.2, 0.25) is 0 Å². The van der Waals surface area contributed by atoms with Crippen LogP contribution in [0.2, 0.25) is 0 Å². The summed E-state index contributed by atoms with van der Waals surface area (Å²) in [6.07, 6.45) is 2.58. The van der Waals surface area contributed by atoms with E-state index < -0.39 is 5.97 Å². The van der Waals surface area contributed by atoms with Crippen molar-refractivity contribution >= 4 is 5.97 Å². The van der Waals surface area contributed by atoms with Gasteiger partial charge in [0.05, 0.1) is 18.6 Å². The van der Waals surface area contributed by atoms with Crippen molar-refractivity contribution in [2.75, 3.05) is 6.61 Å². The molecule has 1 aliphatic rings. The molecule has 2 atom stereocenters. The van der Waals surface area contributed by atoms with Gasteiger partial charge in [-0.15, -0.1) is 0 Å². The summed E-state index contributed by atoms with van der Waals surface area (Å²) in [7, 11) is 0. The van der Waals surface area contributed by atoms with Gasteiger partial charge in [0, 0.05) is 0 Å². The maximum Gasteiger partial charge on any atom is 0.310 e. The number of allylic oxidation sites excluding steroid dienone is 1. The van der Waals surface area contributed by atoms with Crippen LogP contribution >= 0.6 is 0 Å². The second-order valence-corrected chi connectivity index (χ2v) is 3.38. The molecule has 12 heavy (non-hydrogen) atoms. The van der Waals surface area contributed by atoms with Crippen LogP contribution in [-0.4, -0.2) is 23.8 Å². The van der Waals surface area contributed by atoms with E-state index in [1.165, 1.54) is 0 Å². The molecule has 3 nitrogen and oxygen atoms in total. The van der Waals surface area contributed by atoms with Crippen molar-refractivity contribution < 1.29 is 14.6 Å². The molecule has 1 heterocycles. The summed E-state index contributed by atoms with van der Waals surface area (Å²) >= 11 is 0. The topological polar surface area (TPSA) is 49.8 Å². The Hall–Kier alpha value is -0.830. The Morgan fingerprint density at radius 3 is 2.67 bits per heavy atom. The molecule has 0 bridgehead atoms. The molecule has 0 aromatic rings. The third-order valence-electron chi connectivity index (χ3n) is 1.77. The Bertz CT molecular complexity index is 200. The summed E-state index contributed by atoms with van der Waals surface area (Å²) in [4.78, 5) is 10.7. The maximum atomic E-state index is 10.7. The Kier molecular flexibility index (Phi) is 2.87. The summed E-state index contributed by atoms with van der Waals surface area (Å²) < 4.78 is 4.98. The van der Waals surface area contributed by atoms with E-state index in [-0.39, 0.29) is 12.0 Å². The highest BCUT2D eigenvalue weighted by Crippen LogP contribution is 2.21. The minimum atomic E-state index is -0.758. The lowest BCUT2D eigenvalue weighted by Gasteiger charge is -2.05. The fraction of sp³-hybridized carbons (Fsp3) is 0.667. The summed E-state index contributed by atoms with van der Waals surface area (Å²) in [5, 5.41) is 8.80. The zero-order valence-corrected chi connectivity index (χ0v) is 7.41. The van der Waals surface area contributed by atoms with E-state index in [1.807, 2.05) is 13.8 Å². The zero-order chi connectivity index (χ0) is 9.14. The molecule has 1 fully saturated rings. The smallest absolute Gasteiger partial charge is 0.310 e. The lowest BCUT2D eigenvalue weighted by atomic mass is 10.0. The van der Waals surface area contributed by atoms with Crippen LogP contribution in [0.4, 0.5) is 0 Å². The Morgan fingerprint density at radius 1 is 1.75 bits per heavy atom. The van der Waals surface area contributed by atoms with Crippen molar-refractivity contribution in [1.82, 2.24) is 0 Å². The van der Waals surface area contributed by atoms with Crippen molar-refractivity contribution in [3.8, 4) is 0 Å². The third kappa shape index (κ3) is 3.05. The van der Waals surface area contributed by atoms with Crippen LogP contribution in [0.15, 0.2) is 11.6 Å². The highest BCUT2D eigenvalue weighted by atomic mass is 16.6. The molecule has 0 amide bonds. The molecule has 3 heteroatoms. The SMILES string of the molecule is CC(C)=CC(CC1CO1)C(=O)O. The first kappa shape index (κ1) is 9.26. The molecule has 0 saturated carbocycles. The van der Waals surface area contributed by atoms with Crippen molar-refractivity contribution in [1.29, 1.82) is 0 Å². The fourth-order valence-corrected chi connectivity index (χ4v) is 1.13. The molecule has 0 aliphatic carbocycles. The van der Waals surface area contributed by atoms with Crippen LogP contribution in [0, 0.1) is 5.92 Å². The molecular formula is C9H14O3. The van der Waals surface area contributed by atoms with E-state index in [0.29, 0.717) is 6.42 Å². The molecule has 1 aliphatic heterocycles. The van der Waals surface area contributed by atoms with Crippen molar-refractivity contribution in [3.63, 3.8) is 0 Å². The number of ether oxygens (including phenoxy) is 1. The molecule has 2 unspecified atom stereocenters. The molecule has 68 valence electrons. The van der Waals surface area contributed by atoms with Gasteiger partial charge in [-0.3, -0.25) is 4.79 Å². The quantitative estimate of drug-likeness (QED) is 0.513. The van der Waals surface area contributed by atoms with E-state index in [2.05, 4.69) is 0 Å². The first-order valence-corrected chi connectivity index (χ1v) is 4.09. The van der Waals surface area contributed by atoms with E-state index in [0.717, 1.165) is 12.2 Å². The van der Waals surface area contributed by atoms with Crippen molar-refractivity contribution in [3.05, 3.63) is 11.6 Å². The monoisotopic (exact) mass is 170 g/mol. The highest BCUT2D eigenvalue weighted by molar-refractivity contribution is 5.72. The number of aliphatic carboxylic acids is 1. The predicted molar refractivity (Wildman–Crippen MR) is 44.9 cm³/mol. The van der Waals surface area contributed by atoms with Gasteiger partial charge in [-0.2, -0.15) is 0 Å². The number of hydrogen-bond acceptors (Lipinski definition) is 2. The van der Waals surface area contributed by atoms with E-state index in [4.69, 9.17) is 9.84 Å². The number of epoxide rings is 1. The molecule has 1 rings (SSSR count). The Labute approximate surface area is 72.0 Å². The number of carboxylic acid groups (broad SMARTS) is 1. The second kappa shape index (κ2) is 3.72. The molecule has 0 aromatic heterocycles. The predicted octanol–water partition coefficient (Wildman–Crippen LogP) is 1.44. The standard InChI is InChI=1S/C9H14O3/c1-6(2)3-7(9(10)11)4-8-5-12-8/h3,7-8H,4-5H2,1-2H3,(H,10,11). The lowest BCUT2D eigenvalue weighted by molar-refractivity contribution is -0.140. The molecule has 1 saturated heterocycles. The largest absolute Gasteiger partial charge is 0.481 e. The normalized spacial score (nSPS) is 23.0. The lowest BCUT2D eigenvalue weighted by Crippen LogP contribution is -2.13. The summed E-state index contributed by atoms with van der Waals surface area (Å²) in [5.41, 5.74) is 1.04. The Morgan fingerprint density at radius 2 is 2.33 bits per heavy atom. The van der Waals surface area contributed by atoms with E-state index in [9.17, 15) is 4.79 Å². The van der Waals surface area contributed by atoms with E-state index >= 15 is 0 Å². The van der Waals surface area contributed by atoms with Crippen LogP contribution in [-0.2, 0) is 9.53 Å². The summed E-state index contributed by atoms with van der Waals surface area (Å²) in [6.45, 7) is 4.54. The number of carboxylic acids is 1. The van der Waals surface area contributed by atoms with Gasteiger partial charge < -0.3 is 9.84 Å². The van der Waals surface area contributed by atoms with E-state index in [1.54, 1.807) is 6.08 Å². The van der Waals surface area contributed by atoms with Gasteiger partial charge in [-0.05, 0) is 20.3 Å². The summed E-state index contributed by atoms with van der Waals surface area (Å²) in [5.74, 6) is -1.13. The first-order chi connectivity index (χ1) is 5.59. The summed E-state index contributed by atoms with van der Waals surface area (Å²) in [6, 6.07) is 0. The Balaban J connectivity index is 2.47. The number of carbonyl (C=O) groups is 1. The molecule has 0 aromatic carbocycles. The van der Waals surface area contributed by atoms with Gasteiger partial charge in [0.25, 0.3) is 0 Å². The maximum absolute atomic E-state index is 10.7. The second-order valence-electron chi connectivity index (χ2n) is 3.38. The van der Waals surface area contributed by atoms with Crippen LogP contribution in [0.1, 0.15) is 20.3 Å². The number of rotatable bonds is 4. The fourth-order valence-electron chi connectivity index (χ4n) is 1.13.